The molecular weight excluding hydrogens is 427 g/mol. The molecule has 2 heteroatoms. The molecule has 0 fully saturated rings. The molecule has 0 aliphatic carbocycles. The molecule has 6 aromatic rings. The van der Waals surface area contributed by atoms with Crippen LogP contribution in [0.2, 0.25) is 0 Å². The molecule has 1 aromatic heterocycles. The van der Waals surface area contributed by atoms with E-state index in [1.54, 1.807) is 0 Å². The predicted molar refractivity (Wildman–Crippen MR) is 120 cm³/mol. The van der Waals surface area contributed by atoms with Crippen LogP contribution in [0.1, 0.15) is 0 Å². The van der Waals surface area contributed by atoms with Gasteiger partial charge in [-0.25, -0.2) is 0 Å². The summed E-state index contributed by atoms with van der Waals surface area (Å²) in [5.74, 6) is 0. The van der Waals surface area contributed by atoms with Gasteiger partial charge in [0.05, 0.1) is 0 Å². The third-order valence-electron chi connectivity index (χ3n) is 5.92. The Hall–Kier alpha value is -2.48. The van der Waals surface area contributed by atoms with E-state index >= 15 is 0 Å². The zero-order valence-corrected chi connectivity index (χ0v) is 19.0. The van der Waals surface area contributed by atoms with Gasteiger partial charge in [0.25, 0.3) is 0 Å². The van der Waals surface area contributed by atoms with Gasteiger partial charge in [0, 0.05) is 50.7 Å². The van der Waals surface area contributed by atoms with Crippen molar-refractivity contribution in [2.45, 2.75) is 0 Å². The smallest absolute Gasteiger partial charge is 0.0426 e. The van der Waals surface area contributed by atoms with Crippen molar-refractivity contribution in [1.29, 1.82) is 0 Å². The minimum absolute atomic E-state index is 0. The van der Waals surface area contributed by atoms with E-state index in [1.165, 1.54) is 54.5 Å². The summed E-state index contributed by atoms with van der Waals surface area (Å²) in [5.41, 5.74) is 5.10. The number of hydrogen-bond acceptors (Lipinski definition) is 0. The van der Waals surface area contributed by atoms with E-state index in [4.69, 9.17) is 0 Å². The number of aromatic nitrogens is 1. The van der Waals surface area contributed by atoms with Crippen LogP contribution in [0.25, 0.3) is 54.5 Å². The molecule has 0 aliphatic heterocycles. The molecule has 135 valence electrons. The van der Waals surface area contributed by atoms with Crippen LogP contribution >= 0.6 is 0 Å². The molecule has 0 spiro atoms. The predicted octanol–water partition coefficient (Wildman–Crippen LogP) is 7.10. The Kier molecular flexibility index (Phi) is 4.54. The van der Waals surface area contributed by atoms with Crippen molar-refractivity contribution in [2.75, 3.05) is 0 Å². The fourth-order valence-corrected chi connectivity index (χ4v) is 4.66. The first-order valence-electron chi connectivity index (χ1n) is 9.61. The van der Waals surface area contributed by atoms with Crippen LogP contribution in [0, 0.1) is 6.07 Å². The topological polar surface area (TPSA) is 4.93 Å². The third kappa shape index (κ3) is 2.69. The van der Waals surface area contributed by atoms with Crippen LogP contribution in [0.15, 0.2) is 91.0 Å². The zero-order valence-electron chi connectivity index (χ0n) is 16.2. The normalized spacial score (nSPS) is 11.3. The Morgan fingerprint density at radius 2 is 1.38 bits per heavy atom. The molecule has 1 nitrogen and oxygen atoms in total. The third-order valence-corrected chi connectivity index (χ3v) is 5.92. The second-order valence-electron chi connectivity index (χ2n) is 7.39. The molecule has 0 saturated carbocycles. The Balaban J connectivity index is 0.00000181. The second kappa shape index (κ2) is 7.09. The Labute approximate surface area is 194 Å². The number of hydrogen-bond donors (Lipinski definition) is 0. The molecular formula is C27H18NY-. The second-order valence-corrected chi connectivity index (χ2v) is 7.39. The first-order valence-corrected chi connectivity index (χ1v) is 9.61. The Bertz CT molecular complexity index is 1520. The summed E-state index contributed by atoms with van der Waals surface area (Å²) in [7, 11) is 2.16. The number of nitrogens with zero attached hydrogens (tertiary/aromatic N) is 1. The average molecular weight is 445 g/mol. The van der Waals surface area contributed by atoms with Gasteiger partial charge in [0.1, 0.15) is 0 Å². The fraction of sp³-hybridized carbons (Fsp3) is 0.0370. The number of aryl methyl sites for hydroxylation is 1. The van der Waals surface area contributed by atoms with E-state index in [9.17, 15) is 0 Å². The summed E-state index contributed by atoms with van der Waals surface area (Å²) in [6.07, 6.45) is 0. The first kappa shape index (κ1) is 18.5. The number of benzene rings is 5. The van der Waals surface area contributed by atoms with E-state index in [0.29, 0.717) is 0 Å². The van der Waals surface area contributed by atoms with Crippen molar-refractivity contribution < 1.29 is 32.7 Å². The summed E-state index contributed by atoms with van der Waals surface area (Å²) < 4.78 is 2.31. The standard InChI is InChI=1S/C27H18N.Y/c1-28-26-16-7-6-13-22(26)25-17-24(21-12-4-5-14-23(21)27(25)28)20-15-8-10-18-9-2-3-11-19(18)20;/h2-5,7-17H,1H3;/q-1;. The number of rotatable bonds is 1. The van der Waals surface area contributed by atoms with E-state index in [0.717, 1.165) is 0 Å². The van der Waals surface area contributed by atoms with Gasteiger partial charge >= 0.3 is 0 Å². The molecule has 1 radical (unpaired) electrons. The maximum absolute atomic E-state index is 3.26. The first-order chi connectivity index (χ1) is 13.8. The van der Waals surface area contributed by atoms with Crippen LogP contribution in [-0.4, -0.2) is 4.57 Å². The Morgan fingerprint density at radius 1 is 0.655 bits per heavy atom. The van der Waals surface area contributed by atoms with Crippen molar-refractivity contribution in [3.63, 3.8) is 0 Å². The van der Waals surface area contributed by atoms with Crippen LogP contribution in [0.4, 0.5) is 0 Å². The molecule has 0 N–H and O–H groups in total. The van der Waals surface area contributed by atoms with Crippen LogP contribution in [0.5, 0.6) is 0 Å². The fourth-order valence-electron chi connectivity index (χ4n) is 4.66. The molecule has 0 atom stereocenters. The van der Waals surface area contributed by atoms with Gasteiger partial charge in [-0.05, 0) is 32.7 Å². The van der Waals surface area contributed by atoms with E-state index < -0.39 is 0 Å². The minimum atomic E-state index is 0. The van der Waals surface area contributed by atoms with E-state index in [-0.39, 0.29) is 32.7 Å². The van der Waals surface area contributed by atoms with Gasteiger partial charge in [-0.2, -0.15) is 18.2 Å². The van der Waals surface area contributed by atoms with E-state index in [1.807, 2.05) is 6.07 Å². The van der Waals surface area contributed by atoms with Gasteiger partial charge in [-0.15, -0.1) is 11.5 Å². The van der Waals surface area contributed by atoms with Gasteiger partial charge < -0.3 is 4.57 Å². The van der Waals surface area contributed by atoms with Crippen LogP contribution < -0.4 is 0 Å². The van der Waals surface area contributed by atoms with Crippen LogP contribution in [-0.2, 0) is 39.8 Å². The SMILES string of the molecule is Cn1c2cc[c-]cc2c2cc(-c3cccc4ccccc34)c3ccccc3c21.[Y]. The summed E-state index contributed by atoms with van der Waals surface area (Å²) >= 11 is 0. The molecule has 0 bridgehead atoms. The van der Waals surface area contributed by atoms with Gasteiger partial charge in [-0.1, -0.05) is 78.3 Å². The van der Waals surface area contributed by atoms with Crippen molar-refractivity contribution in [3.8, 4) is 11.1 Å². The quantitative estimate of drug-likeness (QED) is 0.238. The molecule has 0 unspecified atom stereocenters. The monoisotopic (exact) mass is 445 g/mol. The average Bonchev–Trinajstić information content (AvgIpc) is 3.05. The molecule has 29 heavy (non-hydrogen) atoms. The van der Waals surface area contributed by atoms with Crippen molar-refractivity contribution in [3.05, 3.63) is 97.1 Å². The van der Waals surface area contributed by atoms with Crippen molar-refractivity contribution in [1.82, 2.24) is 4.57 Å². The summed E-state index contributed by atoms with van der Waals surface area (Å²) in [4.78, 5) is 0. The molecule has 1 heterocycles. The maximum atomic E-state index is 3.26. The minimum Gasteiger partial charge on any atom is -0.367 e. The van der Waals surface area contributed by atoms with Gasteiger partial charge in [0.15, 0.2) is 0 Å². The molecule has 0 aliphatic rings. The van der Waals surface area contributed by atoms with Crippen molar-refractivity contribution in [2.24, 2.45) is 7.05 Å². The maximum Gasteiger partial charge on any atom is 0.0426 e. The van der Waals surface area contributed by atoms with Crippen LogP contribution in [0.3, 0.4) is 0 Å². The molecule has 0 saturated heterocycles. The molecule has 0 amide bonds. The van der Waals surface area contributed by atoms with Gasteiger partial charge in [-0.3, -0.25) is 0 Å². The largest absolute Gasteiger partial charge is 0.367 e. The van der Waals surface area contributed by atoms with E-state index in [2.05, 4.69) is 103 Å². The summed E-state index contributed by atoms with van der Waals surface area (Å²) in [5, 5.41) is 7.70. The summed E-state index contributed by atoms with van der Waals surface area (Å²) in [6.45, 7) is 0. The van der Waals surface area contributed by atoms with Crippen molar-refractivity contribution >= 4 is 43.4 Å². The molecule has 6 rings (SSSR count). The molecule has 5 aromatic carbocycles. The van der Waals surface area contributed by atoms with Gasteiger partial charge in [0.2, 0.25) is 0 Å². The number of fused-ring (bicyclic) bond motifs is 6. The zero-order chi connectivity index (χ0) is 18.7. The Morgan fingerprint density at radius 3 is 2.24 bits per heavy atom. The summed E-state index contributed by atoms with van der Waals surface area (Å²) in [6, 6.07) is 35.9.